The fourth-order valence-corrected chi connectivity index (χ4v) is 3.27. The molecule has 0 saturated carbocycles. The van der Waals surface area contributed by atoms with Crippen LogP contribution in [-0.2, 0) is 11.3 Å². The molecule has 2 aromatic heterocycles. The second-order valence-electron chi connectivity index (χ2n) is 7.30. The van der Waals surface area contributed by atoms with Gasteiger partial charge in [0.1, 0.15) is 23.2 Å². The lowest BCUT2D eigenvalue weighted by Gasteiger charge is -2.08. The number of hydrogen-bond acceptors (Lipinski definition) is 7. The van der Waals surface area contributed by atoms with Gasteiger partial charge in [-0.15, -0.1) is 0 Å². The SMILES string of the molecule is C=c1c(C#N)c(O)n(CCO)c(=O)c1=Cc1ccc(-c2cccc(C(=O)OCCCC)c2)o1. The van der Waals surface area contributed by atoms with E-state index in [0.717, 1.165) is 17.4 Å². The maximum absolute atomic E-state index is 12.8. The Morgan fingerprint density at radius 3 is 2.82 bits per heavy atom. The van der Waals surface area contributed by atoms with Crippen LogP contribution in [0.15, 0.2) is 45.6 Å². The van der Waals surface area contributed by atoms with Gasteiger partial charge in [-0.05, 0) is 36.8 Å². The van der Waals surface area contributed by atoms with Gasteiger partial charge in [0.15, 0.2) is 0 Å². The highest BCUT2D eigenvalue weighted by Crippen LogP contribution is 2.24. The summed E-state index contributed by atoms with van der Waals surface area (Å²) in [5.74, 6) is -0.178. The van der Waals surface area contributed by atoms with E-state index in [9.17, 15) is 25.1 Å². The number of aromatic hydroxyl groups is 1. The predicted octanol–water partition coefficient (Wildman–Crippen LogP) is 1.87. The number of aliphatic hydroxyl groups is 1. The molecule has 0 spiro atoms. The van der Waals surface area contributed by atoms with Crippen LogP contribution >= 0.6 is 0 Å². The summed E-state index contributed by atoms with van der Waals surface area (Å²) in [5, 5.41) is 28.9. The second-order valence-corrected chi connectivity index (χ2v) is 7.30. The minimum absolute atomic E-state index is 0.0592. The van der Waals surface area contributed by atoms with Crippen molar-refractivity contribution in [1.29, 1.82) is 5.26 Å². The van der Waals surface area contributed by atoms with Crippen molar-refractivity contribution >= 4 is 18.6 Å². The van der Waals surface area contributed by atoms with E-state index >= 15 is 0 Å². The number of aliphatic hydroxyl groups excluding tert-OH is 1. The zero-order valence-corrected chi connectivity index (χ0v) is 18.2. The molecule has 2 N–H and O–H groups in total. The van der Waals surface area contributed by atoms with Crippen molar-refractivity contribution in [2.75, 3.05) is 13.2 Å². The Morgan fingerprint density at radius 1 is 1.33 bits per heavy atom. The van der Waals surface area contributed by atoms with Gasteiger partial charge >= 0.3 is 5.97 Å². The van der Waals surface area contributed by atoms with Crippen LogP contribution < -0.4 is 16.0 Å². The number of rotatable bonds is 8. The fraction of sp³-hybridized carbons (Fsp3) is 0.240. The van der Waals surface area contributed by atoms with Crippen LogP contribution in [0.2, 0.25) is 0 Å². The quantitative estimate of drug-likeness (QED) is 0.398. The molecular weight excluding hydrogens is 424 g/mol. The van der Waals surface area contributed by atoms with Crippen LogP contribution in [0.1, 0.15) is 41.4 Å². The van der Waals surface area contributed by atoms with Gasteiger partial charge in [0.25, 0.3) is 5.56 Å². The average molecular weight is 448 g/mol. The van der Waals surface area contributed by atoms with Gasteiger partial charge in [0.2, 0.25) is 5.88 Å². The number of aromatic nitrogens is 1. The molecule has 1 aromatic carbocycles. The van der Waals surface area contributed by atoms with E-state index in [-0.39, 0.29) is 22.5 Å². The lowest BCUT2D eigenvalue weighted by molar-refractivity contribution is 0.0500. The number of carbonyl (C=O) groups is 1. The molecule has 0 saturated heterocycles. The monoisotopic (exact) mass is 448 g/mol. The second kappa shape index (κ2) is 10.5. The third-order valence-electron chi connectivity index (χ3n) is 5.04. The van der Waals surface area contributed by atoms with Crippen LogP contribution in [0.25, 0.3) is 24.0 Å². The largest absolute Gasteiger partial charge is 0.493 e. The van der Waals surface area contributed by atoms with Gasteiger partial charge in [-0.2, -0.15) is 5.26 Å². The predicted molar refractivity (Wildman–Crippen MR) is 122 cm³/mol. The zero-order valence-electron chi connectivity index (χ0n) is 18.2. The van der Waals surface area contributed by atoms with Crippen LogP contribution in [-0.4, -0.2) is 34.0 Å². The maximum Gasteiger partial charge on any atom is 0.338 e. The highest BCUT2D eigenvalue weighted by Gasteiger charge is 2.14. The number of ether oxygens (including phenoxy) is 1. The maximum atomic E-state index is 12.8. The molecule has 0 fully saturated rings. The summed E-state index contributed by atoms with van der Waals surface area (Å²) in [7, 11) is 0. The minimum Gasteiger partial charge on any atom is -0.493 e. The summed E-state index contributed by atoms with van der Waals surface area (Å²) in [5.41, 5.74) is 0.279. The van der Waals surface area contributed by atoms with E-state index in [4.69, 9.17) is 9.15 Å². The number of nitriles is 1. The molecule has 0 amide bonds. The standard InChI is InChI=1S/C25H24N2O6/c1-3-4-12-32-25(31)18-7-5-6-17(13-18)22-9-8-19(33-22)14-20-16(2)21(15-26)24(30)27(10-11-28)23(20)29/h5-9,13-14,28,30H,2-4,10-12H2,1H3. The lowest BCUT2D eigenvalue weighted by atomic mass is 10.1. The normalized spacial score (nSPS) is 11.4. The van der Waals surface area contributed by atoms with Crippen molar-refractivity contribution in [3.63, 3.8) is 0 Å². The molecule has 0 aliphatic carbocycles. The number of benzene rings is 1. The number of esters is 1. The first-order valence-corrected chi connectivity index (χ1v) is 10.5. The first kappa shape index (κ1) is 23.6. The molecule has 0 aliphatic heterocycles. The van der Waals surface area contributed by atoms with Crippen molar-refractivity contribution in [2.24, 2.45) is 0 Å². The molecule has 2 heterocycles. The van der Waals surface area contributed by atoms with Crippen LogP contribution in [0.4, 0.5) is 0 Å². The molecule has 0 unspecified atom stereocenters. The number of furan rings is 1. The van der Waals surface area contributed by atoms with Crippen molar-refractivity contribution < 1.29 is 24.2 Å². The first-order valence-electron chi connectivity index (χ1n) is 10.5. The van der Waals surface area contributed by atoms with Crippen molar-refractivity contribution in [3.8, 4) is 23.3 Å². The van der Waals surface area contributed by atoms with Crippen molar-refractivity contribution in [2.45, 2.75) is 26.3 Å². The van der Waals surface area contributed by atoms with E-state index < -0.39 is 24.0 Å². The lowest BCUT2D eigenvalue weighted by Crippen LogP contribution is -2.46. The van der Waals surface area contributed by atoms with Crippen LogP contribution in [0.5, 0.6) is 5.88 Å². The third-order valence-corrected chi connectivity index (χ3v) is 5.04. The Labute approximate surface area is 189 Å². The summed E-state index contributed by atoms with van der Waals surface area (Å²) in [6.45, 7) is 5.56. The number of nitrogens with zero attached hydrogens (tertiary/aromatic N) is 2. The molecule has 8 heteroatoms. The minimum atomic E-state index is -0.611. The molecule has 3 aromatic rings. The van der Waals surface area contributed by atoms with E-state index in [1.165, 1.54) is 6.08 Å². The smallest absolute Gasteiger partial charge is 0.338 e. The van der Waals surface area contributed by atoms with E-state index in [2.05, 4.69) is 6.58 Å². The van der Waals surface area contributed by atoms with Gasteiger partial charge in [-0.1, -0.05) is 32.1 Å². The number of hydrogen-bond donors (Lipinski definition) is 2. The van der Waals surface area contributed by atoms with Gasteiger partial charge in [-0.3, -0.25) is 9.36 Å². The summed E-state index contributed by atoms with van der Waals surface area (Å²) in [6.07, 6.45) is 3.14. The van der Waals surface area contributed by atoms with E-state index in [1.54, 1.807) is 36.4 Å². The molecule has 0 radical (unpaired) electrons. The van der Waals surface area contributed by atoms with Crippen LogP contribution in [0.3, 0.4) is 0 Å². The number of pyridine rings is 1. The van der Waals surface area contributed by atoms with E-state index in [1.807, 2.05) is 13.0 Å². The molecule has 170 valence electrons. The average Bonchev–Trinajstić information content (AvgIpc) is 3.29. The Morgan fingerprint density at radius 2 is 2.12 bits per heavy atom. The third kappa shape index (κ3) is 5.05. The Bertz CT molecular complexity index is 1380. The van der Waals surface area contributed by atoms with Gasteiger partial charge in [0, 0.05) is 10.8 Å². The molecule has 3 rings (SSSR count). The van der Waals surface area contributed by atoms with Gasteiger partial charge in [-0.25, -0.2) is 4.79 Å². The fourth-order valence-electron chi connectivity index (χ4n) is 3.27. The Hall–Kier alpha value is -4.09. The molecule has 33 heavy (non-hydrogen) atoms. The van der Waals surface area contributed by atoms with Crippen molar-refractivity contribution in [1.82, 2.24) is 4.57 Å². The number of unbranched alkanes of at least 4 members (excludes halogenated alkanes) is 1. The van der Waals surface area contributed by atoms with E-state index in [0.29, 0.717) is 29.3 Å². The molecular formula is C25H24N2O6. The van der Waals surface area contributed by atoms with Gasteiger partial charge in [0.05, 0.1) is 30.5 Å². The highest BCUT2D eigenvalue weighted by molar-refractivity contribution is 5.90. The highest BCUT2D eigenvalue weighted by atomic mass is 16.5. The Kier molecular flexibility index (Phi) is 7.49. The number of carbonyl (C=O) groups excluding carboxylic acids is 1. The summed E-state index contributed by atoms with van der Waals surface area (Å²) >= 11 is 0. The summed E-state index contributed by atoms with van der Waals surface area (Å²) in [4.78, 5) is 25.0. The summed E-state index contributed by atoms with van der Waals surface area (Å²) in [6, 6.07) is 12.0. The molecule has 0 bridgehead atoms. The molecule has 0 atom stereocenters. The molecule has 8 nitrogen and oxygen atoms in total. The first-order chi connectivity index (χ1) is 15.9. The van der Waals surface area contributed by atoms with Gasteiger partial charge < -0.3 is 19.4 Å². The van der Waals surface area contributed by atoms with Crippen molar-refractivity contribution in [3.05, 3.63) is 74.1 Å². The topological polar surface area (TPSA) is 126 Å². The molecule has 0 aliphatic rings. The van der Waals surface area contributed by atoms with Crippen LogP contribution in [0, 0.1) is 11.3 Å². The zero-order chi connectivity index (χ0) is 24.0. The Balaban J connectivity index is 2.00. The summed E-state index contributed by atoms with van der Waals surface area (Å²) < 4.78 is 12.0.